The van der Waals surface area contributed by atoms with Gasteiger partial charge in [-0.15, -0.1) is 0 Å². The van der Waals surface area contributed by atoms with Crippen LogP contribution in [-0.4, -0.2) is 29.9 Å². The quantitative estimate of drug-likeness (QED) is 0.784. The Bertz CT molecular complexity index is 382. The number of aromatic carboxylic acids is 1. The summed E-state index contributed by atoms with van der Waals surface area (Å²) in [6, 6.07) is 4.93. The second-order valence-corrected chi connectivity index (χ2v) is 2.81. The number of hydrogen-bond acceptors (Lipinski definition) is 3. The third-order valence-electron chi connectivity index (χ3n) is 1.90. The number of aliphatic hydroxyl groups excluding tert-OH is 1. The Morgan fingerprint density at radius 3 is 2.80 bits per heavy atom. The van der Waals surface area contributed by atoms with Crippen LogP contribution < -0.4 is 4.74 Å². The van der Waals surface area contributed by atoms with Crippen molar-refractivity contribution in [3.05, 3.63) is 35.4 Å². The molecule has 0 fully saturated rings. The van der Waals surface area contributed by atoms with E-state index in [2.05, 4.69) is 0 Å². The fraction of sp³-hybridized carbons (Fsp3) is 0.182. The highest BCUT2D eigenvalue weighted by atomic mass is 16.5. The molecule has 0 radical (unpaired) electrons. The molecule has 2 N–H and O–H groups in total. The molecule has 80 valence electrons. The molecule has 0 bridgehead atoms. The van der Waals surface area contributed by atoms with Crippen LogP contribution in [0.4, 0.5) is 0 Å². The van der Waals surface area contributed by atoms with E-state index in [9.17, 15) is 4.79 Å². The van der Waals surface area contributed by atoms with E-state index >= 15 is 0 Å². The van der Waals surface area contributed by atoms with Crippen LogP contribution in [-0.2, 0) is 0 Å². The fourth-order valence-corrected chi connectivity index (χ4v) is 1.27. The van der Waals surface area contributed by atoms with E-state index in [0.29, 0.717) is 11.3 Å². The lowest BCUT2D eigenvalue weighted by Crippen LogP contribution is -2.03. The lowest BCUT2D eigenvalue weighted by atomic mass is 10.1. The molecule has 0 aliphatic carbocycles. The van der Waals surface area contributed by atoms with Gasteiger partial charge in [0.25, 0.3) is 0 Å². The molecule has 1 rings (SSSR count). The van der Waals surface area contributed by atoms with Gasteiger partial charge >= 0.3 is 5.97 Å². The van der Waals surface area contributed by atoms with Gasteiger partial charge in [-0.2, -0.15) is 0 Å². The number of aliphatic hydroxyl groups is 1. The highest BCUT2D eigenvalue weighted by Crippen LogP contribution is 2.23. The Hall–Kier alpha value is -1.81. The van der Waals surface area contributed by atoms with Crippen molar-refractivity contribution in [3.63, 3.8) is 0 Å². The maximum absolute atomic E-state index is 11.0. The van der Waals surface area contributed by atoms with E-state index < -0.39 is 5.97 Å². The number of rotatable bonds is 4. The van der Waals surface area contributed by atoms with Crippen LogP contribution in [0.1, 0.15) is 15.9 Å². The van der Waals surface area contributed by atoms with Gasteiger partial charge in [0.2, 0.25) is 0 Å². The minimum Gasteiger partial charge on any atom is -0.496 e. The number of carboxylic acids is 1. The Kier molecular flexibility index (Phi) is 3.88. The summed E-state index contributed by atoms with van der Waals surface area (Å²) in [6.07, 6.45) is 3.02. The summed E-state index contributed by atoms with van der Waals surface area (Å²) in [6.45, 7) is -0.129. The largest absolute Gasteiger partial charge is 0.496 e. The predicted molar refractivity (Wildman–Crippen MR) is 56.1 cm³/mol. The zero-order chi connectivity index (χ0) is 11.3. The van der Waals surface area contributed by atoms with Gasteiger partial charge in [-0.3, -0.25) is 0 Å². The second kappa shape index (κ2) is 5.17. The minimum atomic E-state index is -1.05. The van der Waals surface area contributed by atoms with Crippen LogP contribution in [0.5, 0.6) is 5.75 Å². The first-order valence-electron chi connectivity index (χ1n) is 4.38. The third kappa shape index (κ3) is 2.57. The first-order chi connectivity index (χ1) is 7.20. The van der Waals surface area contributed by atoms with Crippen LogP contribution >= 0.6 is 0 Å². The van der Waals surface area contributed by atoms with Crippen LogP contribution in [0.3, 0.4) is 0 Å². The van der Waals surface area contributed by atoms with Crippen molar-refractivity contribution in [2.24, 2.45) is 0 Å². The van der Waals surface area contributed by atoms with Gasteiger partial charge in [0, 0.05) is 0 Å². The molecule has 0 aliphatic heterocycles. The molecule has 15 heavy (non-hydrogen) atoms. The predicted octanol–water partition coefficient (Wildman–Crippen LogP) is 1.40. The van der Waals surface area contributed by atoms with Gasteiger partial charge in [-0.25, -0.2) is 4.79 Å². The maximum atomic E-state index is 11.0. The molecule has 1 aromatic rings. The average molecular weight is 208 g/mol. The molecular formula is C11H12O4. The van der Waals surface area contributed by atoms with Crippen LogP contribution in [0, 0.1) is 0 Å². The molecule has 0 aromatic heterocycles. The van der Waals surface area contributed by atoms with Gasteiger partial charge in [0.05, 0.1) is 13.7 Å². The Balaban J connectivity index is 3.25. The Morgan fingerprint density at radius 2 is 2.27 bits per heavy atom. The van der Waals surface area contributed by atoms with Crippen LogP contribution in [0.25, 0.3) is 6.08 Å². The van der Waals surface area contributed by atoms with Crippen molar-refractivity contribution in [3.8, 4) is 5.75 Å². The highest BCUT2D eigenvalue weighted by Gasteiger charge is 2.13. The molecule has 0 amide bonds. The summed E-state index contributed by atoms with van der Waals surface area (Å²) in [5, 5.41) is 17.6. The molecule has 0 saturated heterocycles. The first kappa shape index (κ1) is 11.3. The molecule has 0 unspecified atom stereocenters. The summed E-state index contributed by atoms with van der Waals surface area (Å²) in [5.74, 6) is -0.743. The molecule has 0 aliphatic rings. The first-order valence-corrected chi connectivity index (χ1v) is 4.38. The third-order valence-corrected chi connectivity index (χ3v) is 1.90. The molecule has 1 aromatic carbocycles. The van der Waals surface area contributed by atoms with Crippen molar-refractivity contribution < 1.29 is 19.7 Å². The average Bonchev–Trinajstić information content (AvgIpc) is 2.25. The van der Waals surface area contributed by atoms with E-state index in [1.165, 1.54) is 13.2 Å². The second-order valence-electron chi connectivity index (χ2n) is 2.81. The van der Waals surface area contributed by atoms with Crippen molar-refractivity contribution in [1.29, 1.82) is 0 Å². The number of carbonyl (C=O) groups is 1. The van der Waals surface area contributed by atoms with Gasteiger partial charge in [-0.1, -0.05) is 24.3 Å². The molecule has 0 spiro atoms. The van der Waals surface area contributed by atoms with Crippen molar-refractivity contribution >= 4 is 12.0 Å². The SMILES string of the molecule is COc1cccc(C=CCO)c1C(=O)O. The molecule has 0 heterocycles. The maximum Gasteiger partial charge on any atom is 0.340 e. The lowest BCUT2D eigenvalue weighted by Gasteiger charge is -2.07. The number of carboxylic acid groups (broad SMARTS) is 1. The number of benzene rings is 1. The summed E-state index contributed by atoms with van der Waals surface area (Å²) < 4.78 is 4.95. The van der Waals surface area contributed by atoms with Gasteiger partial charge in [0.15, 0.2) is 0 Å². The molecule has 4 heteroatoms. The molecule has 0 saturated carbocycles. The molecule has 4 nitrogen and oxygen atoms in total. The van der Waals surface area contributed by atoms with E-state index in [4.69, 9.17) is 14.9 Å². The minimum absolute atomic E-state index is 0.102. The zero-order valence-corrected chi connectivity index (χ0v) is 8.30. The van der Waals surface area contributed by atoms with Crippen molar-refractivity contribution in [2.45, 2.75) is 0 Å². The van der Waals surface area contributed by atoms with Crippen LogP contribution in [0.15, 0.2) is 24.3 Å². The summed E-state index contributed by atoms with van der Waals surface area (Å²) in [7, 11) is 1.42. The fourth-order valence-electron chi connectivity index (χ4n) is 1.27. The zero-order valence-electron chi connectivity index (χ0n) is 8.30. The van der Waals surface area contributed by atoms with E-state index in [1.54, 1.807) is 24.3 Å². The lowest BCUT2D eigenvalue weighted by molar-refractivity contribution is 0.0693. The monoisotopic (exact) mass is 208 g/mol. The molecular weight excluding hydrogens is 196 g/mol. The topological polar surface area (TPSA) is 66.8 Å². The van der Waals surface area contributed by atoms with Crippen LogP contribution in [0.2, 0.25) is 0 Å². The summed E-state index contributed by atoms with van der Waals surface area (Å²) >= 11 is 0. The van der Waals surface area contributed by atoms with Gasteiger partial charge in [0.1, 0.15) is 11.3 Å². The number of hydrogen-bond donors (Lipinski definition) is 2. The van der Waals surface area contributed by atoms with Crippen molar-refractivity contribution in [2.75, 3.05) is 13.7 Å². The Morgan fingerprint density at radius 1 is 1.53 bits per heavy atom. The van der Waals surface area contributed by atoms with E-state index in [-0.39, 0.29) is 12.2 Å². The summed E-state index contributed by atoms with van der Waals surface area (Å²) in [4.78, 5) is 11.0. The highest BCUT2D eigenvalue weighted by molar-refractivity contribution is 5.95. The smallest absolute Gasteiger partial charge is 0.340 e. The standard InChI is InChI=1S/C11H12O4/c1-15-9-6-2-4-8(5-3-7-12)10(9)11(13)14/h2-6,12H,7H2,1H3,(H,13,14). The van der Waals surface area contributed by atoms with E-state index in [1.807, 2.05) is 0 Å². The number of methoxy groups -OCH3 is 1. The van der Waals surface area contributed by atoms with Crippen molar-refractivity contribution in [1.82, 2.24) is 0 Å². The summed E-state index contributed by atoms with van der Waals surface area (Å²) in [5.41, 5.74) is 0.612. The van der Waals surface area contributed by atoms with Gasteiger partial charge < -0.3 is 14.9 Å². The molecule has 0 atom stereocenters. The number of ether oxygens (including phenoxy) is 1. The van der Waals surface area contributed by atoms with E-state index in [0.717, 1.165) is 0 Å². The Labute approximate surface area is 87.4 Å². The van der Waals surface area contributed by atoms with Gasteiger partial charge in [-0.05, 0) is 11.6 Å². The normalized spacial score (nSPS) is 10.5.